The summed E-state index contributed by atoms with van der Waals surface area (Å²) in [7, 11) is 1.63. The number of hydrogen-bond acceptors (Lipinski definition) is 3. The summed E-state index contributed by atoms with van der Waals surface area (Å²) in [5.74, 6) is 1.25. The lowest BCUT2D eigenvalue weighted by Gasteiger charge is -2.09. The number of anilines is 1. The average Bonchev–Trinajstić information content (AvgIpc) is 3.05. The van der Waals surface area contributed by atoms with Gasteiger partial charge in [-0.25, -0.2) is 4.98 Å². The Balaban J connectivity index is 1.80. The Morgan fingerprint density at radius 1 is 0.964 bits per heavy atom. The molecular formula is C23H21N3O2. The van der Waals surface area contributed by atoms with Gasteiger partial charge in [0.05, 0.1) is 7.11 Å². The van der Waals surface area contributed by atoms with Crippen molar-refractivity contribution in [2.75, 3.05) is 12.4 Å². The second-order valence-electron chi connectivity index (χ2n) is 6.79. The van der Waals surface area contributed by atoms with Crippen LogP contribution in [0.4, 0.5) is 5.82 Å². The molecule has 0 aliphatic rings. The number of carbonyl (C=O) groups is 1. The smallest absolute Gasteiger partial charge is 0.256 e. The number of pyridine rings is 1. The Bertz CT molecular complexity index is 1140. The van der Waals surface area contributed by atoms with E-state index >= 15 is 0 Å². The number of benzene rings is 2. The van der Waals surface area contributed by atoms with Crippen molar-refractivity contribution in [3.05, 3.63) is 83.6 Å². The van der Waals surface area contributed by atoms with Crippen molar-refractivity contribution in [2.45, 2.75) is 13.8 Å². The number of nitrogens with zero attached hydrogens (tertiary/aromatic N) is 2. The lowest BCUT2D eigenvalue weighted by molar-refractivity contribution is 0.102. The molecule has 5 heteroatoms. The quantitative estimate of drug-likeness (QED) is 0.556. The molecule has 0 spiro atoms. The topological polar surface area (TPSA) is 55.6 Å². The minimum atomic E-state index is -0.169. The van der Waals surface area contributed by atoms with Crippen LogP contribution < -0.4 is 10.1 Å². The van der Waals surface area contributed by atoms with Crippen LogP contribution in [-0.4, -0.2) is 22.4 Å². The fraction of sp³-hybridized carbons (Fsp3) is 0.130. The van der Waals surface area contributed by atoms with E-state index < -0.39 is 0 Å². The van der Waals surface area contributed by atoms with Gasteiger partial charge in [0.25, 0.3) is 5.91 Å². The summed E-state index contributed by atoms with van der Waals surface area (Å²) < 4.78 is 7.15. The highest BCUT2D eigenvalue weighted by molar-refractivity contribution is 6.05. The van der Waals surface area contributed by atoms with E-state index in [9.17, 15) is 4.79 Å². The summed E-state index contributed by atoms with van der Waals surface area (Å²) >= 11 is 0. The lowest BCUT2D eigenvalue weighted by Crippen LogP contribution is -2.14. The predicted molar refractivity (Wildman–Crippen MR) is 111 cm³/mol. The van der Waals surface area contributed by atoms with E-state index in [4.69, 9.17) is 9.72 Å². The molecule has 1 N–H and O–H groups in total. The van der Waals surface area contributed by atoms with Crippen molar-refractivity contribution in [2.24, 2.45) is 0 Å². The molecule has 0 aliphatic carbocycles. The van der Waals surface area contributed by atoms with Crippen molar-refractivity contribution in [1.29, 1.82) is 0 Å². The van der Waals surface area contributed by atoms with E-state index in [1.54, 1.807) is 7.11 Å². The van der Waals surface area contributed by atoms with Crippen LogP contribution >= 0.6 is 0 Å². The van der Waals surface area contributed by atoms with E-state index in [1.807, 2.05) is 85.1 Å². The zero-order valence-electron chi connectivity index (χ0n) is 16.1. The van der Waals surface area contributed by atoms with Crippen LogP contribution in [0.1, 0.15) is 21.5 Å². The van der Waals surface area contributed by atoms with Crippen LogP contribution in [0.15, 0.2) is 66.9 Å². The maximum absolute atomic E-state index is 12.8. The van der Waals surface area contributed by atoms with Gasteiger partial charge in [0.15, 0.2) is 0 Å². The van der Waals surface area contributed by atoms with Gasteiger partial charge in [0.1, 0.15) is 22.9 Å². The Kier molecular flexibility index (Phi) is 4.57. The van der Waals surface area contributed by atoms with Crippen LogP contribution in [-0.2, 0) is 0 Å². The monoisotopic (exact) mass is 371 g/mol. The molecule has 2 aromatic heterocycles. The lowest BCUT2D eigenvalue weighted by atomic mass is 10.1. The molecule has 0 unspecified atom stereocenters. The fourth-order valence-corrected chi connectivity index (χ4v) is 3.10. The van der Waals surface area contributed by atoms with Gasteiger partial charge in [-0.1, -0.05) is 17.7 Å². The van der Waals surface area contributed by atoms with Crippen LogP contribution in [0.3, 0.4) is 0 Å². The van der Waals surface area contributed by atoms with Gasteiger partial charge in [-0.2, -0.15) is 0 Å². The maximum Gasteiger partial charge on any atom is 0.256 e. The second kappa shape index (κ2) is 7.19. The van der Waals surface area contributed by atoms with Crippen LogP contribution in [0.2, 0.25) is 0 Å². The first-order valence-electron chi connectivity index (χ1n) is 9.06. The molecule has 1 amide bonds. The molecule has 0 bridgehead atoms. The Hall–Kier alpha value is -3.60. The molecule has 0 atom stereocenters. The highest BCUT2D eigenvalue weighted by Gasteiger charge is 2.17. The summed E-state index contributed by atoms with van der Waals surface area (Å²) in [4.78, 5) is 17.6. The van der Waals surface area contributed by atoms with Crippen molar-refractivity contribution in [3.8, 4) is 17.0 Å². The summed E-state index contributed by atoms with van der Waals surface area (Å²) in [5.41, 5.74) is 5.23. The van der Waals surface area contributed by atoms with E-state index in [0.717, 1.165) is 28.1 Å². The van der Waals surface area contributed by atoms with Crippen molar-refractivity contribution >= 4 is 17.4 Å². The summed E-state index contributed by atoms with van der Waals surface area (Å²) in [6.07, 6.45) is 1.93. The predicted octanol–water partition coefficient (Wildman–Crippen LogP) is 4.88. The van der Waals surface area contributed by atoms with Crippen molar-refractivity contribution < 1.29 is 9.53 Å². The van der Waals surface area contributed by atoms with Gasteiger partial charge in [0.2, 0.25) is 0 Å². The van der Waals surface area contributed by atoms with Crippen molar-refractivity contribution in [3.63, 3.8) is 0 Å². The first-order valence-corrected chi connectivity index (χ1v) is 9.06. The zero-order chi connectivity index (χ0) is 19.7. The Labute approximate surface area is 163 Å². The van der Waals surface area contributed by atoms with Gasteiger partial charge in [-0.15, -0.1) is 0 Å². The number of methoxy groups -OCH3 is 1. The van der Waals surface area contributed by atoms with E-state index in [2.05, 4.69) is 5.32 Å². The number of aryl methyl sites for hydroxylation is 2. The van der Waals surface area contributed by atoms with Gasteiger partial charge < -0.3 is 10.1 Å². The largest absolute Gasteiger partial charge is 0.497 e. The summed E-state index contributed by atoms with van der Waals surface area (Å²) in [6, 6.07) is 19.1. The van der Waals surface area contributed by atoms with Gasteiger partial charge in [-0.3, -0.25) is 9.20 Å². The number of rotatable bonds is 4. The molecule has 0 radical (unpaired) electrons. The Morgan fingerprint density at radius 2 is 1.68 bits per heavy atom. The Morgan fingerprint density at radius 3 is 2.36 bits per heavy atom. The summed E-state index contributed by atoms with van der Waals surface area (Å²) in [5, 5.41) is 3.05. The maximum atomic E-state index is 12.8. The molecule has 0 saturated carbocycles. The average molecular weight is 371 g/mol. The third-order valence-corrected chi connectivity index (χ3v) is 4.69. The van der Waals surface area contributed by atoms with E-state index in [1.165, 1.54) is 0 Å². The highest BCUT2D eigenvalue weighted by Crippen LogP contribution is 2.30. The van der Waals surface area contributed by atoms with Crippen molar-refractivity contribution in [1.82, 2.24) is 9.38 Å². The normalized spacial score (nSPS) is 10.8. The number of carbonyl (C=O) groups excluding carboxylic acids is 1. The zero-order valence-corrected chi connectivity index (χ0v) is 16.1. The number of amides is 1. The first kappa shape index (κ1) is 17.8. The van der Waals surface area contributed by atoms with Gasteiger partial charge in [-0.05, 0) is 67.9 Å². The van der Waals surface area contributed by atoms with E-state index in [-0.39, 0.29) is 5.91 Å². The SMILES string of the molecule is COc1ccc(-c2nc3cc(C)ccn3c2NC(=O)c2ccc(C)cc2)cc1. The molecule has 140 valence electrons. The molecule has 2 aromatic carbocycles. The van der Waals surface area contributed by atoms with Gasteiger partial charge in [0, 0.05) is 17.3 Å². The van der Waals surface area contributed by atoms with Gasteiger partial charge >= 0.3 is 0 Å². The summed E-state index contributed by atoms with van der Waals surface area (Å²) in [6.45, 7) is 4.02. The molecule has 0 saturated heterocycles. The highest BCUT2D eigenvalue weighted by atomic mass is 16.5. The molecular weight excluding hydrogens is 350 g/mol. The molecule has 2 heterocycles. The van der Waals surface area contributed by atoms with E-state index in [0.29, 0.717) is 17.1 Å². The number of nitrogens with one attached hydrogen (secondary N) is 1. The number of aromatic nitrogens is 2. The van der Waals surface area contributed by atoms with Crippen LogP contribution in [0.5, 0.6) is 5.75 Å². The third-order valence-electron chi connectivity index (χ3n) is 4.69. The minimum Gasteiger partial charge on any atom is -0.497 e. The second-order valence-corrected chi connectivity index (χ2v) is 6.79. The number of imidazole rings is 1. The number of ether oxygens (including phenoxy) is 1. The molecule has 0 aliphatic heterocycles. The standard InChI is InChI=1S/C23H21N3O2/c1-15-4-6-18(7-5-15)23(27)25-22-21(17-8-10-19(28-3)11-9-17)24-20-14-16(2)12-13-26(20)22/h4-14H,1-3H3,(H,25,27). The number of fused-ring (bicyclic) bond motifs is 1. The minimum absolute atomic E-state index is 0.169. The first-order chi connectivity index (χ1) is 13.5. The van der Waals surface area contributed by atoms with Crippen LogP contribution in [0.25, 0.3) is 16.9 Å². The molecule has 5 nitrogen and oxygen atoms in total. The molecule has 4 rings (SSSR count). The third kappa shape index (κ3) is 3.34. The molecule has 28 heavy (non-hydrogen) atoms. The number of hydrogen-bond donors (Lipinski definition) is 1. The van der Waals surface area contributed by atoms with Crippen LogP contribution in [0, 0.1) is 13.8 Å². The molecule has 0 fully saturated rings. The fourth-order valence-electron chi connectivity index (χ4n) is 3.10. The molecule has 4 aromatic rings.